The van der Waals surface area contributed by atoms with Gasteiger partial charge in [-0.25, -0.2) is 0 Å². The van der Waals surface area contributed by atoms with Gasteiger partial charge in [0, 0.05) is 0 Å². The third-order valence-electron chi connectivity index (χ3n) is 8.64. The van der Waals surface area contributed by atoms with E-state index in [1.807, 2.05) is 66.7 Å². The highest BCUT2D eigenvalue weighted by molar-refractivity contribution is 6.24. The van der Waals surface area contributed by atoms with E-state index in [0.29, 0.717) is 21.9 Å². The second-order valence-corrected chi connectivity index (χ2v) is 11.3. The fourth-order valence-electron chi connectivity index (χ4n) is 6.55. The third kappa shape index (κ3) is 4.74. The Morgan fingerprint density at radius 3 is 1.48 bits per heavy atom. The van der Waals surface area contributed by atoms with Crippen molar-refractivity contribution >= 4 is 21.5 Å². The zero-order chi connectivity index (χ0) is 34.4. The standard InChI is InChI=1S/C45H29N/c46-30-31-23-25-35(26-24-31)43-39-19-10-11-20-40(39)45(42-29-36(27-28-41(42)43)32-13-4-1-5-14-32)44-37(33-15-6-2-7-16-33)21-12-22-38(44)34-17-8-3-9-18-34/h1-29H/i10D,11D,19D,20D. The molecule has 0 amide bonds. The van der Waals surface area contributed by atoms with E-state index >= 15 is 0 Å². The van der Waals surface area contributed by atoms with Crippen molar-refractivity contribution < 1.29 is 5.48 Å². The molecule has 0 saturated carbocycles. The third-order valence-corrected chi connectivity index (χ3v) is 8.64. The van der Waals surface area contributed by atoms with Crippen LogP contribution >= 0.6 is 0 Å². The fraction of sp³-hybridized carbons (Fsp3) is 0. The molecule has 0 saturated heterocycles. The summed E-state index contributed by atoms with van der Waals surface area (Å²) in [6.45, 7) is 0. The van der Waals surface area contributed by atoms with Crippen molar-refractivity contribution in [2.75, 3.05) is 0 Å². The van der Waals surface area contributed by atoms with Crippen molar-refractivity contribution in [1.82, 2.24) is 0 Å². The minimum Gasteiger partial charge on any atom is -0.192 e. The average molecular weight is 588 g/mol. The van der Waals surface area contributed by atoms with E-state index in [4.69, 9.17) is 2.74 Å². The van der Waals surface area contributed by atoms with Crippen molar-refractivity contribution in [3.8, 4) is 61.7 Å². The molecule has 0 radical (unpaired) electrons. The maximum absolute atomic E-state index is 9.58. The lowest BCUT2D eigenvalue weighted by atomic mass is 9.80. The molecule has 8 aromatic carbocycles. The predicted molar refractivity (Wildman–Crippen MR) is 193 cm³/mol. The second-order valence-electron chi connectivity index (χ2n) is 11.3. The molecule has 0 aliphatic carbocycles. The summed E-state index contributed by atoms with van der Waals surface area (Å²) >= 11 is 0. The molecular formula is C45H29N. The molecule has 1 heteroatoms. The molecule has 0 spiro atoms. The van der Waals surface area contributed by atoms with Crippen LogP contribution in [-0.4, -0.2) is 0 Å². The summed E-state index contributed by atoms with van der Waals surface area (Å²) in [5.41, 5.74) is 9.55. The molecule has 0 aromatic heterocycles. The largest absolute Gasteiger partial charge is 0.192 e. The van der Waals surface area contributed by atoms with Crippen molar-refractivity contribution in [3.63, 3.8) is 0 Å². The SMILES string of the molecule is [2H]c1c([2H])c([2H])c2c(-c3c(-c4ccccc4)cccc3-c3ccccc3)c3cc(-c4ccccc4)ccc3c(-c3ccc(C#N)cc3)c2c1[2H]. The van der Waals surface area contributed by atoms with E-state index in [0.717, 1.165) is 60.8 Å². The van der Waals surface area contributed by atoms with E-state index in [9.17, 15) is 8.00 Å². The van der Waals surface area contributed by atoms with Gasteiger partial charge < -0.3 is 0 Å². The Balaban J connectivity index is 1.66. The summed E-state index contributed by atoms with van der Waals surface area (Å²) in [5.74, 6) is 0. The summed E-state index contributed by atoms with van der Waals surface area (Å²) in [7, 11) is 0. The van der Waals surface area contributed by atoms with Gasteiger partial charge in [-0.2, -0.15) is 5.26 Å². The van der Waals surface area contributed by atoms with E-state index in [1.54, 1.807) is 12.1 Å². The molecule has 0 aliphatic rings. The van der Waals surface area contributed by atoms with Gasteiger partial charge in [0.2, 0.25) is 0 Å². The van der Waals surface area contributed by atoms with Gasteiger partial charge in [0.15, 0.2) is 0 Å². The predicted octanol–water partition coefficient (Wildman–Crippen LogP) is 12.2. The molecule has 0 atom stereocenters. The Hall–Kier alpha value is -6.23. The van der Waals surface area contributed by atoms with Gasteiger partial charge in [-0.1, -0.05) is 158 Å². The van der Waals surface area contributed by atoms with Gasteiger partial charge in [-0.3, -0.25) is 0 Å². The summed E-state index contributed by atoms with van der Waals surface area (Å²) in [5, 5.41) is 12.2. The average Bonchev–Trinajstić information content (AvgIpc) is 3.19. The van der Waals surface area contributed by atoms with Gasteiger partial charge in [-0.15, -0.1) is 0 Å². The quantitative estimate of drug-likeness (QED) is 0.184. The first kappa shape index (κ1) is 23.2. The first-order valence-corrected chi connectivity index (χ1v) is 15.3. The van der Waals surface area contributed by atoms with Crippen LogP contribution in [0.2, 0.25) is 0 Å². The fourth-order valence-corrected chi connectivity index (χ4v) is 6.55. The van der Waals surface area contributed by atoms with Crippen LogP contribution in [0.15, 0.2) is 176 Å². The van der Waals surface area contributed by atoms with Crippen LogP contribution in [0.3, 0.4) is 0 Å². The number of fused-ring (bicyclic) bond motifs is 2. The van der Waals surface area contributed by atoms with Gasteiger partial charge in [0.05, 0.1) is 17.1 Å². The van der Waals surface area contributed by atoms with Crippen molar-refractivity contribution in [1.29, 1.82) is 5.26 Å². The highest BCUT2D eigenvalue weighted by atomic mass is 14.3. The van der Waals surface area contributed by atoms with E-state index in [1.165, 1.54) is 0 Å². The number of rotatable bonds is 5. The number of hydrogen-bond donors (Lipinski definition) is 0. The molecule has 8 aromatic rings. The lowest BCUT2D eigenvalue weighted by molar-refractivity contribution is 1.49. The molecule has 0 heterocycles. The molecular weight excluding hydrogens is 555 g/mol. The van der Waals surface area contributed by atoms with Gasteiger partial charge in [-0.05, 0) is 95.4 Å². The second kappa shape index (κ2) is 11.7. The molecule has 0 aliphatic heterocycles. The Morgan fingerprint density at radius 1 is 0.391 bits per heavy atom. The maximum Gasteiger partial charge on any atom is 0.0991 e. The lowest BCUT2D eigenvalue weighted by Crippen LogP contribution is -1.96. The Kier molecular flexibility index (Phi) is 5.90. The first-order valence-electron chi connectivity index (χ1n) is 17.3. The summed E-state index contributed by atoms with van der Waals surface area (Å²) in [4.78, 5) is 0. The Bertz CT molecular complexity index is 2550. The van der Waals surface area contributed by atoms with Crippen LogP contribution in [0.1, 0.15) is 11.0 Å². The number of hydrogen-bond acceptors (Lipinski definition) is 1. The summed E-state index contributed by atoms with van der Waals surface area (Å²) < 4.78 is 36.7. The molecule has 1 nitrogen and oxygen atoms in total. The zero-order valence-electron chi connectivity index (χ0n) is 28.9. The van der Waals surface area contributed by atoms with E-state index in [2.05, 4.69) is 78.9 Å². The van der Waals surface area contributed by atoms with Crippen LogP contribution in [0, 0.1) is 11.3 Å². The lowest BCUT2D eigenvalue weighted by Gasteiger charge is -2.23. The van der Waals surface area contributed by atoms with Crippen LogP contribution in [0.4, 0.5) is 0 Å². The van der Waals surface area contributed by atoms with Crippen LogP contribution in [0.25, 0.3) is 77.2 Å². The summed E-state index contributed by atoms with van der Waals surface area (Å²) in [6, 6.07) is 51.7. The molecule has 0 unspecified atom stereocenters. The molecule has 0 bridgehead atoms. The normalized spacial score (nSPS) is 12.2. The minimum atomic E-state index is -0.289. The molecule has 8 rings (SSSR count). The number of nitriles is 1. The first-order chi connectivity index (χ1) is 24.5. The van der Waals surface area contributed by atoms with Crippen molar-refractivity contribution in [3.05, 3.63) is 181 Å². The van der Waals surface area contributed by atoms with Crippen LogP contribution in [-0.2, 0) is 0 Å². The Morgan fingerprint density at radius 2 is 0.913 bits per heavy atom. The smallest absolute Gasteiger partial charge is 0.0991 e. The zero-order valence-corrected chi connectivity index (χ0v) is 24.9. The van der Waals surface area contributed by atoms with E-state index < -0.39 is 0 Å². The van der Waals surface area contributed by atoms with Crippen LogP contribution in [0.5, 0.6) is 0 Å². The van der Waals surface area contributed by atoms with Gasteiger partial charge in [0.1, 0.15) is 0 Å². The maximum atomic E-state index is 9.58. The van der Waals surface area contributed by atoms with Crippen LogP contribution < -0.4 is 0 Å². The van der Waals surface area contributed by atoms with Crippen molar-refractivity contribution in [2.24, 2.45) is 0 Å². The van der Waals surface area contributed by atoms with Crippen molar-refractivity contribution in [2.45, 2.75) is 0 Å². The monoisotopic (exact) mass is 587 g/mol. The van der Waals surface area contributed by atoms with Gasteiger partial charge >= 0.3 is 0 Å². The summed E-state index contributed by atoms with van der Waals surface area (Å²) in [6.07, 6.45) is 0. The molecule has 214 valence electrons. The number of benzene rings is 8. The molecule has 0 fully saturated rings. The highest BCUT2D eigenvalue weighted by Gasteiger charge is 2.22. The molecule has 0 N–H and O–H groups in total. The van der Waals surface area contributed by atoms with E-state index in [-0.39, 0.29) is 24.2 Å². The van der Waals surface area contributed by atoms with Gasteiger partial charge in [0.25, 0.3) is 0 Å². The minimum absolute atomic E-state index is 0.0974. The highest BCUT2D eigenvalue weighted by Crippen LogP contribution is 2.49. The number of nitrogens with zero attached hydrogens (tertiary/aromatic N) is 1. The molecule has 46 heavy (non-hydrogen) atoms. The Labute approximate surface area is 274 Å². The topological polar surface area (TPSA) is 23.8 Å².